The molecule has 0 radical (unpaired) electrons. The number of aromatic nitrogens is 2. The standard InChI is InChI=1S/C14H12ClN3O/c15-11-4-5-14(18-7-2-6-17-18)13(9-11)16-10-12-3-1-8-19-12/h1-9,16H,10H2. The number of nitrogens with one attached hydrogen (secondary N) is 1. The number of furan rings is 1. The third-order valence-electron chi connectivity index (χ3n) is 2.74. The van der Waals surface area contributed by atoms with E-state index >= 15 is 0 Å². The van der Waals surface area contributed by atoms with Crippen molar-refractivity contribution >= 4 is 17.3 Å². The third-order valence-corrected chi connectivity index (χ3v) is 2.98. The first kappa shape index (κ1) is 11.9. The Morgan fingerprint density at radius 2 is 2.21 bits per heavy atom. The Morgan fingerprint density at radius 3 is 2.95 bits per heavy atom. The van der Waals surface area contributed by atoms with Gasteiger partial charge in [-0.25, -0.2) is 4.68 Å². The van der Waals surface area contributed by atoms with Crippen LogP contribution in [0.1, 0.15) is 5.76 Å². The normalized spacial score (nSPS) is 10.6. The summed E-state index contributed by atoms with van der Waals surface area (Å²) in [5.74, 6) is 0.867. The van der Waals surface area contributed by atoms with Crippen LogP contribution in [-0.4, -0.2) is 9.78 Å². The Balaban J connectivity index is 1.88. The van der Waals surface area contributed by atoms with E-state index < -0.39 is 0 Å². The summed E-state index contributed by atoms with van der Waals surface area (Å²) in [6, 6.07) is 11.3. The molecule has 0 aliphatic carbocycles. The number of hydrogen-bond donors (Lipinski definition) is 1. The molecule has 0 unspecified atom stereocenters. The van der Waals surface area contributed by atoms with Crippen molar-refractivity contribution in [2.45, 2.75) is 6.54 Å². The fourth-order valence-electron chi connectivity index (χ4n) is 1.86. The van der Waals surface area contributed by atoms with Crippen LogP contribution in [0.3, 0.4) is 0 Å². The highest BCUT2D eigenvalue weighted by atomic mass is 35.5. The molecule has 0 saturated heterocycles. The molecule has 0 amide bonds. The van der Waals surface area contributed by atoms with E-state index in [1.54, 1.807) is 17.1 Å². The van der Waals surface area contributed by atoms with E-state index in [0.717, 1.165) is 17.1 Å². The van der Waals surface area contributed by atoms with Crippen molar-refractivity contribution in [1.82, 2.24) is 9.78 Å². The minimum absolute atomic E-state index is 0.599. The van der Waals surface area contributed by atoms with Crippen LogP contribution < -0.4 is 5.32 Å². The largest absolute Gasteiger partial charge is 0.467 e. The Hall–Kier alpha value is -2.20. The summed E-state index contributed by atoms with van der Waals surface area (Å²) in [5, 5.41) is 8.22. The lowest BCUT2D eigenvalue weighted by atomic mass is 10.2. The average molecular weight is 274 g/mol. The fourth-order valence-corrected chi connectivity index (χ4v) is 2.03. The SMILES string of the molecule is Clc1ccc(-n2cccn2)c(NCc2ccco2)c1. The van der Waals surface area contributed by atoms with E-state index in [1.165, 1.54) is 0 Å². The molecule has 2 heterocycles. The van der Waals surface area contributed by atoms with E-state index in [-0.39, 0.29) is 0 Å². The van der Waals surface area contributed by atoms with E-state index in [0.29, 0.717) is 11.6 Å². The quantitative estimate of drug-likeness (QED) is 0.788. The second-order valence-corrected chi connectivity index (χ2v) is 4.48. The molecule has 0 aliphatic heterocycles. The molecular weight excluding hydrogens is 262 g/mol. The summed E-state index contributed by atoms with van der Waals surface area (Å²) in [5.41, 5.74) is 1.86. The van der Waals surface area contributed by atoms with Gasteiger partial charge in [0.25, 0.3) is 0 Å². The zero-order valence-electron chi connectivity index (χ0n) is 10.1. The van der Waals surface area contributed by atoms with Crippen molar-refractivity contribution in [1.29, 1.82) is 0 Å². The molecule has 0 saturated carbocycles. The Kier molecular flexibility index (Phi) is 3.25. The third kappa shape index (κ3) is 2.63. The van der Waals surface area contributed by atoms with Gasteiger partial charge in [0.1, 0.15) is 5.76 Å². The van der Waals surface area contributed by atoms with Crippen LogP contribution >= 0.6 is 11.6 Å². The van der Waals surface area contributed by atoms with Gasteiger partial charge in [-0.1, -0.05) is 11.6 Å². The zero-order chi connectivity index (χ0) is 13.1. The van der Waals surface area contributed by atoms with Crippen LogP contribution in [0, 0.1) is 0 Å². The molecule has 1 aromatic carbocycles. The van der Waals surface area contributed by atoms with E-state index in [2.05, 4.69) is 10.4 Å². The van der Waals surface area contributed by atoms with Gasteiger partial charge in [0.05, 0.1) is 24.2 Å². The van der Waals surface area contributed by atoms with Crippen LogP contribution in [-0.2, 0) is 6.54 Å². The summed E-state index contributed by atoms with van der Waals surface area (Å²) in [7, 11) is 0. The van der Waals surface area contributed by atoms with Gasteiger partial charge in [-0.3, -0.25) is 0 Å². The van der Waals surface area contributed by atoms with Gasteiger partial charge in [0, 0.05) is 17.4 Å². The van der Waals surface area contributed by atoms with Gasteiger partial charge in [0.2, 0.25) is 0 Å². The number of anilines is 1. The topological polar surface area (TPSA) is 43.0 Å². The molecule has 96 valence electrons. The van der Waals surface area contributed by atoms with Gasteiger partial charge in [0.15, 0.2) is 0 Å². The maximum absolute atomic E-state index is 6.05. The monoisotopic (exact) mass is 273 g/mol. The second-order valence-electron chi connectivity index (χ2n) is 4.05. The zero-order valence-corrected chi connectivity index (χ0v) is 10.8. The highest BCUT2D eigenvalue weighted by Gasteiger charge is 2.06. The maximum atomic E-state index is 6.05. The number of rotatable bonds is 4. The summed E-state index contributed by atoms with van der Waals surface area (Å²) in [6.07, 6.45) is 5.29. The average Bonchev–Trinajstić information content (AvgIpc) is 3.10. The molecule has 0 aliphatic rings. The number of halogens is 1. The van der Waals surface area contributed by atoms with E-state index in [1.807, 2.05) is 42.6 Å². The predicted molar refractivity (Wildman–Crippen MR) is 74.6 cm³/mol. The summed E-state index contributed by atoms with van der Waals surface area (Å²) in [4.78, 5) is 0. The van der Waals surface area contributed by atoms with Crippen molar-refractivity contribution in [2.75, 3.05) is 5.32 Å². The van der Waals surface area contributed by atoms with Gasteiger partial charge in [-0.2, -0.15) is 5.10 Å². The highest BCUT2D eigenvalue weighted by molar-refractivity contribution is 6.31. The fraction of sp³-hybridized carbons (Fsp3) is 0.0714. The van der Waals surface area contributed by atoms with Gasteiger partial charge in [-0.05, 0) is 36.4 Å². The molecular formula is C14H12ClN3O. The molecule has 1 N–H and O–H groups in total. The van der Waals surface area contributed by atoms with Crippen LogP contribution in [0.4, 0.5) is 5.69 Å². The molecule has 3 aromatic rings. The Labute approximate surface area is 115 Å². The molecule has 5 heteroatoms. The number of benzene rings is 1. The van der Waals surface area contributed by atoms with Crippen molar-refractivity contribution in [3.05, 3.63) is 65.8 Å². The summed E-state index contributed by atoms with van der Waals surface area (Å²) < 4.78 is 7.09. The van der Waals surface area contributed by atoms with Gasteiger partial charge < -0.3 is 9.73 Å². The lowest BCUT2D eigenvalue weighted by Crippen LogP contribution is -2.04. The lowest BCUT2D eigenvalue weighted by molar-refractivity contribution is 0.518. The molecule has 2 aromatic heterocycles. The lowest BCUT2D eigenvalue weighted by Gasteiger charge is -2.11. The summed E-state index contributed by atoms with van der Waals surface area (Å²) >= 11 is 6.05. The van der Waals surface area contributed by atoms with Crippen LogP contribution in [0.15, 0.2) is 59.5 Å². The first-order chi connectivity index (χ1) is 9.33. The molecule has 0 bridgehead atoms. The molecule has 3 rings (SSSR count). The smallest absolute Gasteiger partial charge is 0.122 e. The van der Waals surface area contributed by atoms with Crippen LogP contribution in [0.5, 0.6) is 0 Å². The van der Waals surface area contributed by atoms with Crippen LogP contribution in [0.2, 0.25) is 5.02 Å². The molecule has 4 nitrogen and oxygen atoms in total. The van der Waals surface area contributed by atoms with Crippen molar-refractivity contribution in [3.8, 4) is 5.69 Å². The number of nitrogens with zero attached hydrogens (tertiary/aromatic N) is 2. The Morgan fingerprint density at radius 1 is 1.26 bits per heavy atom. The van der Waals surface area contributed by atoms with Gasteiger partial charge in [-0.15, -0.1) is 0 Å². The van der Waals surface area contributed by atoms with E-state index in [4.69, 9.17) is 16.0 Å². The summed E-state index contributed by atoms with van der Waals surface area (Å²) in [6.45, 7) is 0.599. The molecule has 0 fully saturated rings. The molecule has 0 spiro atoms. The highest BCUT2D eigenvalue weighted by Crippen LogP contribution is 2.24. The van der Waals surface area contributed by atoms with Gasteiger partial charge >= 0.3 is 0 Å². The number of hydrogen-bond acceptors (Lipinski definition) is 3. The minimum atomic E-state index is 0.599. The molecule has 0 atom stereocenters. The predicted octanol–water partition coefficient (Wildman–Crippen LogP) is 3.73. The first-order valence-corrected chi connectivity index (χ1v) is 6.26. The maximum Gasteiger partial charge on any atom is 0.122 e. The van der Waals surface area contributed by atoms with E-state index in [9.17, 15) is 0 Å². The van der Waals surface area contributed by atoms with Crippen LogP contribution in [0.25, 0.3) is 5.69 Å². The first-order valence-electron chi connectivity index (χ1n) is 5.89. The minimum Gasteiger partial charge on any atom is -0.467 e. The second kappa shape index (κ2) is 5.20. The van der Waals surface area contributed by atoms with Crippen molar-refractivity contribution < 1.29 is 4.42 Å². The van der Waals surface area contributed by atoms with Crippen molar-refractivity contribution in [2.24, 2.45) is 0 Å². The Bertz CT molecular complexity index is 647. The molecule has 19 heavy (non-hydrogen) atoms. The van der Waals surface area contributed by atoms with Crippen molar-refractivity contribution in [3.63, 3.8) is 0 Å².